The second-order valence-corrected chi connectivity index (χ2v) is 6.55. The highest BCUT2D eigenvalue weighted by atomic mass is 16.5. The number of carboxylic acid groups (broad SMARTS) is 2. The van der Waals surface area contributed by atoms with Crippen molar-refractivity contribution < 1.29 is 24.5 Å². The predicted octanol–water partition coefficient (Wildman–Crippen LogP) is 3.88. The van der Waals surface area contributed by atoms with Crippen LogP contribution in [0.5, 0.6) is 5.75 Å². The van der Waals surface area contributed by atoms with Crippen molar-refractivity contribution in [2.75, 3.05) is 6.61 Å². The molecule has 146 valence electrons. The van der Waals surface area contributed by atoms with Gasteiger partial charge in [-0.05, 0) is 30.9 Å². The first-order chi connectivity index (χ1) is 13.5. The summed E-state index contributed by atoms with van der Waals surface area (Å²) in [5.41, 5.74) is 2.85. The molecule has 0 radical (unpaired) electrons. The van der Waals surface area contributed by atoms with Crippen molar-refractivity contribution in [3.8, 4) is 17.1 Å². The van der Waals surface area contributed by atoms with Crippen LogP contribution in [0.15, 0.2) is 42.5 Å². The zero-order valence-corrected chi connectivity index (χ0v) is 15.4. The number of rotatable bonds is 10. The number of benzene rings is 2. The molecule has 7 heteroatoms. The standard InChI is InChI=1S/C21H22N2O5/c24-18(25)9-5-2-6-10-28-16-11-15(12-19(26)27)20-17(13-16)22-21(23-20)14-7-3-1-4-8-14/h1,3-4,7-8,11,13H,2,5-6,9-10,12H2,(H,22,23)(H,24,25)(H,26,27). The number of ether oxygens (including phenoxy) is 1. The Morgan fingerprint density at radius 3 is 2.50 bits per heavy atom. The average molecular weight is 382 g/mol. The van der Waals surface area contributed by atoms with Gasteiger partial charge in [-0.3, -0.25) is 9.59 Å². The van der Waals surface area contributed by atoms with Crippen LogP contribution in [0.1, 0.15) is 31.2 Å². The van der Waals surface area contributed by atoms with Crippen molar-refractivity contribution in [2.24, 2.45) is 0 Å². The normalized spacial score (nSPS) is 10.9. The summed E-state index contributed by atoms with van der Waals surface area (Å²) >= 11 is 0. The van der Waals surface area contributed by atoms with Crippen molar-refractivity contribution in [3.63, 3.8) is 0 Å². The first-order valence-corrected chi connectivity index (χ1v) is 9.17. The van der Waals surface area contributed by atoms with Crippen LogP contribution < -0.4 is 4.74 Å². The van der Waals surface area contributed by atoms with Gasteiger partial charge >= 0.3 is 11.9 Å². The number of carboxylic acids is 2. The maximum absolute atomic E-state index is 11.3. The molecule has 0 bridgehead atoms. The van der Waals surface area contributed by atoms with E-state index in [0.29, 0.717) is 35.7 Å². The zero-order valence-electron chi connectivity index (χ0n) is 15.4. The third-order valence-electron chi connectivity index (χ3n) is 4.33. The SMILES string of the molecule is O=C(O)CCCCCOc1cc(CC(=O)O)c2nc(-c3ccccc3)[nH]c2c1. The van der Waals surface area contributed by atoms with Crippen LogP contribution in [0.4, 0.5) is 0 Å². The Balaban J connectivity index is 1.77. The molecule has 0 saturated heterocycles. The van der Waals surface area contributed by atoms with Crippen LogP contribution in [-0.4, -0.2) is 38.7 Å². The number of aromatic amines is 1. The maximum atomic E-state index is 11.3. The van der Waals surface area contributed by atoms with Crippen molar-refractivity contribution >= 4 is 23.0 Å². The smallest absolute Gasteiger partial charge is 0.307 e. The Morgan fingerprint density at radius 2 is 1.79 bits per heavy atom. The summed E-state index contributed by atoms with van der Waals surface area (Å²) in [5, 5.41) is 17.9. The van der Waals surface area contributed by atoms with Gasteiger partial charge in [0.1, 0.15) is 11.6 Å². The summed E-state index contributed by atoms with van der Waals surface area (Å²) in [5.74, 6) is -0.479. The fourth-order valence-electron chi connectivity index (χ4n) is 3.02. The van der Waals surface area contributed by atoms with Crippen LogP contribution >= 0.6 is 0 Å². The highest BCUT2D eigenvalue weighted by Crippen LogP contribution is 2.28. The van der Waals surface area contributed by atoms with E-state index in [-0.39, 0.29) is 12.8 Å². The number of hydrogen-bond donors (Lipinski definition) is 3. The number of H-pyrrole nitrogens is 1. The highest BCUT2D eigenvalue weighted by molar-refractivity contribution is 5.87. The number of unbranched alkanes of at least 4 members (excludes halogenated alkanes) is 2. The van der Waals surface area contributed by atoms with Gasteiger partial charge in [0.15, 0.2) is 0 Å². The monoisotopic (exact) mass is 382 g/mol. The molecule has 3 aromatic rings. The fraction of sp³-hybridized carbons (Fsp3) is 0.286. The van der Waals surface area contributed by atoms with Gasteiger partial charge in [0.2, 0.25) is 0 Å². The van der Waals surface area contributed by atoms with Crippen LogP contribution in [0.2, 0.25) is 0 Å². The third kappa shape index (κ3) is 5.09. The first kappa shape index (κ1) is 19.4. The van der Waals surface area contributed by atoms with Crippen molar-refractivity contribution in [3.05, 3.63) is 48.0 Å². The van der Waals surface area contributed by atoms with Gasteiger partial charge in [-0.15, -0.1) is 0 Å². The fourth-order valence-corrected chi connectivity index (χ4v) is 3.02. The van der Waals surface area contributed by atoms with E-state index in [9.17, 15) is 14.7 Å². The molecule has 1 heterocycles. The van der Waals surface area contributed by atoms with Crippen LogP contribution in [0.3, 0.4) is 0 Å². The van der Waals surface area contributed by atoms with E-state index in [4.69, 9.17) is 9.84 Å². The molecular formula is C21H22N2O5. The molecule has 0 atom stereocenters. The molecule has 0 unspecified atom stereocenters. The number of nitrogens with one attached hydrogen (secondary N) is 1. The van der Waals surface area contributed by atoms with E-state index in [2.05, 4.69) is 9.97 Å². The summed E-state index contributed by atoms with van der Waals surface area (Å²) in [6.07, 6.45) is 2.12. The molecule has 28 heavy (non-hydrogen) atoms. The molecule has 0 amide bonds. The number of aromatic nitrogens is 2. The van der Waals surface area contributed by atoms with E-state index in [0.717, 1.165) is 23.9 Å². The number of fused-ring (bicyclic) bond motifs is 1. The molecule has 0 fully saturated rings. The molecule has 0 spiro atoms. The topological polar surface area (TPSA) is 113 Å². The Labute approximate surface area is 162 Å². The second-order valence-electron chi connectivity index (χ2n) is 6.55. The van der Waals surface area contributed by atoms with Gasteiger partial charge in [-0.1, -0.05) is 30.3 Å². The van der Waals surface area contributed by atoms with E-state index in [1.165, 1.54) is 0 Å². The van der Waals surface area contributed by atoms with Gasteiger partial charge in [0.05, 0.1) is 24.1 Å². The lowest BCUT2D eigenvalue weighted by Gasteiger charge is -2.08. The number of nitrogens with zero attached hydrogens (tertiary/aromatic N) is 1. The third-order valence-corrected chi connectivity index (χ3v) is 4.33. The number of carbonyl (C=O) groups is 2. The molecule has 2 aromatic carbocycles. The van der Waals surface area contributed by atoms with Gasteiger partial charge in [0, 0.05) is 18.1 Å². The summed E-state index contributed by atoms with van der Waals surface area (Å²) in [6, 6.07) is 13.1. The van der Waals surface area contributed by atoms with Crippen LogP contribution in [0.25, 0.3) is 22.4 Å². The van der Waals surface area contributed by atoms with E-state index in [1.54, 1.807) is 6.07 Å². The molecule has 3 rings (SSSR count). The van der Waals surface area contributed by atoms with Gasteiger partial charge in [-0.2, -0.15) is 0 Å². The van der Waals surface area contributed by atoms with E-state index < -0.39 is 11.9 Å². The highest BCUT2D eigenvalue weighted by Gasteiger charge is 2.14. The Hall–Kier alpha value is -3.35. The molecule has 0 aliphatic carbocycles. The lowest BCUT2D eigenvalue weighted by atomic mass is 10.1. The number of aliphatic carboxylic acids is 2. The lowest BCUT2D eigenvalue weighted by molar-refractivity contribution is -0.137. The lowest BCUT2D eigenvalue weighted by Crippen LogP contribution is -2.03. The summed E-state index contributed by atoms with van der Waals surface area (Å²) in [6.45, 7) is 0.442. The van der Waals surface area contributed by atoms with E-state index in [1.807, 2.05) is 36.4 Å². The molecule has 7 nitrogen and oxygen atoms in total. The molecule has 0 aliphatic rings. The Kier molecular flexibility index (Phi) is 6.26. The Morgan fingerprint density at radius 1 is 1.00 bits per heavy atom. The predicted molar refractivity (Wildman–Crippen MR) is 104 cm³/mol. The van der Waals surface area contributed by atoms with Crippen LogP contribution in [-0.2, 0) is 16.0 Å². The van der Waals surface area contributed by atoms with Crippen molar-refractivity contribution in [1.29, 1.82) is 0 Å². The van der Waals surface area contributed by atoms with E-state index >= 15 is 0 Å². The van der Waals surface area contributed by atoms with Gasteiger partial charge in [-0.25, -0.2) is 4.98 Å². The summed E-state index contributed by atoms with van der Waals surface area (Å²) in [4.78, 5) is 29.6. The molecule has 0 saturated carbocycles. The van der Waals surface area contributed by atoms with Gasteiger partial charge in [0.25, 0.3) is 0 Å². The van der Waals surface area contributed by atoms with Crippen molar-refractivity contribution in [1.82, 2.24) is 9.97 Å². The first-order valence-electron chi connectivity index (χ1n) is 9.17. The summed E-state index contributed by atoms with van der Waals surface area (Å²) in [7, 11) is 0. The molecular weight excluding hydrogens is 360 g/mol. The minimum absolute atomic E-state index is 0.147. The van der Waals surface area contributed by atoms with Crippen LogP contribution in [0, 0.1) is 0 Å². The van der Waals surface area contributed by atoms with Gasteiger partial charge < -0.3 is 19.9 Å². The quantitative estimate of drug-likeness (QED) is 0.459. The van der Waals surface area contributed by atoms with Crippen molar-refractivity contribution in [2.45, 2.75) is 32.1 Å². The minimum atomic E-state index is -0.934. The minimum Gasteiger partial charge on any atom is -0.494 e. The number of imidazole rings is 1. The zero-order chi connectivity index (χ0) is 19.9. The largest absolute Gasteiger partial charge is 0.494 e. The second kappa shape index (κ2) is 9.03. The molecule has 1 aromatic heterocycles. The maximum Gasteiger partial charge on any atom is 0.307 e. The molecule has 0 aliphatic heterocycles. The summed E-state index contributed by atoms with van der Waals surface area (Å²) < 4.78 is 5.77. The molecule has 3 N–H and O–H groups in total. The Bertz CT molecular complexity index is 966. The number of hydrogen-bond acceptors (Lipinski definition) is 4. The average Bonchev–Trinajstić information content (AvgIpc) is 3.09.